The highest BCUT2D eigenvalue weighted by Gasteiger charge is 2.21. The highest BCUT2D eigenvalue weighted by Crippen LogP contribution is 2.31. The Labute approximate surface area is 186 Å². The van der Waals surface area contributed by atoms with Gasteiger partial charge in [-0.05, 0) is 78.9 Å². The first kappa shape index (κ1) is 21.1. The standard InChI is InChI=1S/C24H22N2O3S2/c1-16-11-17(2)13-19(12-16)25-24(27)23-15-18-14-20(9-10-22(18)30-23)26(3)31(28,29)21-7-5-4-6-8-21/h4-15H,1-3H3,(H,25,27). The van der Waals surface area contributed by atoms with Crippen LogP contribution in [0.2, 0.25) is 0 Å². The number of carbonyl (C=O) groups is 1. The Hall–Kier alpha value is -3.16. The molecule has 158 valence electrons. The summed E-state index contributed by atoms with van der Waals surface area (Å²) < 4.78 is 28.0. The monoisotopic (exact) mass is 450 g/mol. The van der Waals surface area contributed by atoms with Gasteiger partial charge in [0.2, 0.25) is 0 Å². The van der Waals surface area contributed by atoms with E-state index in [0.29, 0.717) is 10.6 Å². The van der Waals surface area contributed by atoms with Crippen LogP contribution in [0.25, 0.3) is 10.1 Å². The number of thiophene rings is 1. The van der Waals surface area contributed by atoms with Crippen molar-refractivity contribution in [3.05, 3.63) is 88.8 Å². The van der Waals surface area contributed by atoms with Gasteiger partial charge in [-0.25, -0.2) is 8.42 Å². The lowest BCUT2D eigenvalue weighted by Gasteiger charge is -2.19. The predicted octanol–water partition coefficient (Wildman–Crippen LogP) is 5.60. The fourth-order valence-corrected chi connectivity index (χ4v) is 5.61. The summed E-state index contributed by atoms with van der Waals surface area (Å²) in [5.74, 6) is -0.182. The zero-order valence-electron chi connectivity index (χ0n) is 17.4. The lowest BCUT2D eigenvalue weighted by molar-refractivity contribution is 0.103. The van der Waals surface area contributed by atoms with E-state index in [2.05, 4.69) is 11.4 Å². The molecule has 0 aliphatic rings. The first-order valence-electron chi connectivity index (χ1n) is 9.71. The fraction of sp³-hybridized carbons (Fsp3) is 0.125. The zero-order chi connectivity index (χ0) is 22.2. The van der Waals surface area contributed by atoms with Crippen LogP contribution in [-0.2, 0) is 10.0 Å². The summed E-state index contributed by atoms with van der Waals surface area (Å²) in [5.41, 5.74) is 3.46. The second-order valence-electron chi connectivity index (χ2n) is 7.45. The van der Waals surface area contributed by atoms with E-state index in [1.807, 2.05) is 32.0 Å². The number of benzene rings is 3. The second-order valence-corrected chi connectivity index (χ2v) is 10.5. The summed E-state index contributed by atoms with van der Waals surface area (Å²) in [5, 5.41) is 3.77. The Balaban J connectivity index is 1.61. The number of fused-ring (bicyclic) bond motifs is 1. The minimum absolute atomic E-state index is 0.182. The Morgan fingerprint density at radius 2 is 1.58 bits per heavy atom. The Bertz CT molecular complexity index is 1360. The average molecular weight is 451 g/mol. The van der Waals surface area contributed by atoms with E-state index in [1.165, 1.54) is 22.7 Å². The van der Waals surface area contributed by atoms with Crippen molar-refractivity contribution in [3.63, 3.8) is 0 Å². The van der Waals surface area contributed by atoms with Crippen molar-refractivity contribution in [2.24, 2.45) is 0 Å². The molecule has 0 fully saturated rings. The van der Waals surface area contributed by atoms with E-state index in [9.17, 15) is 13.2 Å². The van der Waals surface area contributed by atoms with E-state index < -0.39 is 10.0 Å². The molecule has 4 rings (SSSR count). The largest absolute Gasteiger partial charge is 0.321 e. The molecule has 0 unspecified atom stereocenters. The number of sulfonamides is 1. The minimum atomic E-state index is -3.66. The number of rotatable bonds is 5. The summed E-state index contributed by atoms with van der Waals surface area (Å²) in [6, 6.07) is 21.4. The smallest absolute Gasteiger partial charge is 0.265 e. The lowest BCUT2D eigenvalue weighted by Crippen LogP contribution is -2.26. The maximum atomic E-state index is 12.9. The highest BCUT2D eigenvalue weighted by atomic mass is 32.2. The van der Waals surface area contributed by atoms with Crippen LogP contribution in [-0.4, -0.2) is 21.4 Å². The maximum absolute atomic E-state index is 12.9. The Kier molecular flexibility index (Phi) is 5.56. The van der Waals surface area contributed by atoms with Gasteiger partial charge in [0.05, 0.1) is 15.5 Å². The lowest BCUT2D eigenvalue weighted by atomic mass is 10.1. The van der Waals surface area contributed by atoms with Crippen molar-refractivity contribution in [2.75, 3.05) is 16.7 Å². The summed E-state index contributed by atoms with van der Waals surface area (Å²) in [6.07, 6.45) is 0. The highest BCUT2D eigenvalue weighted by molar-refractivity contribution is 7.92. The molecule has 1 aromatic heterocycles. The molecule has 0 aliphatic carbocycles. The molecule has 3 aromatic carbocycles. The molecule has 1 heterocycles. The molecular formula is C24H22N2O3S2. The molecule has 0 bridgehead atoms. The van der Waals surface area contributed by atoms with Gasteiger partial charge >= 0.3 is 0 Å². The van der Waals surface area contributed by atoms with Gasteiger partial charge < -0.3 is 5.32 Å². The molecule has 5 nitrogen and oxygen atoms in total. The predicted molar refractivity (Wildman–Crippen MR) is 128 cm³/mol. The quantitative estimate of drug-likeness (QED) is 0.431. The normalized spacial score (nSPS) is 11.5. The van der Waals surface area contributed by atoms with Gasteiger partial charge in [-0.1, -0.05) is 24.3 Å². The number of anilines is 2. The van der Waals surface area contributed by atoms with Crippen molar-refractivity contribution in [1.82, 2.24) is 0 Å². The van der Waals surface area contributed by atoms with E-state index >= 15 is 0 Å². The van der Waals surface area contributed by atoms with Crippen LogP contribution >= 0.6 is 11.3 Å². The summed E-state index contributed by atoms with van der Waals surface area (Å²) in [6.45, 7) is 3.98. The maximum Gasteiger partial charge on any atom is 0.265 e. The molecule has 7 heteroatoms. The first-order valence-corrected chi connectivity index (χ1v) is 12.0. The van der Waals surface area contributed by atoms with E-state index in [4.69, 9.17) is 0 Å². The number of aryl methyl sites for hydroxylation is 2. The summed E-state index contributed by atoms with van der Waals surface area (Å²) in [7, 11) is -2.13. The van der Waals surface area contributed by atoms with Crippen LogP contribution in [0.1, 0.15) is 20.8 Å². The summed E-state index contributed by atoms with van der Waals surface area (Å²) >= 11 is 1.38. The number of hydrogen-bond acceptors (Lipinski definition) is 4. The van der Waals surface area contributed by atoms with Gasteiger partial charge in [-0.15, -0.1) is 11.3 Å². The third kappa shape index (κ3) is 4.33. The Morgan fingerprint density at radius 1 is 0.903 bits per heavy atom. The van der Waals surface area contributed by atoms with Crippen LogP contribution in [0.3, 0.4) is 0 Å². The Morgan fingerprint density at radius 3 is 2.26 bits per heavy atom. The molecule has 4 aromatic rings. The second kappa shape index (κ2) is 8.17. The van der Waals surface area contributed by atoms with Crippen molar-refractivity contribution >= 4 is 48.7 Å². The van der Waals surface area contributed by atoms with E-state index in [-0.39, 0.29) is 10.8 Å². The van der Waals surface area contributed by atoms with Gasteiger partial charge in [0.15, 0.2) is 0 Å². The van der Waals surface area contributed by atoms with Crippen LogP contribution in [0.4, 0.5) is 11.4 Å². The molecule has 31 heavy (non-hydrogen) atoms. The number of nitrogens with one attached hydrogen (secondary N) is 1. The molecule has 0 radical (unpaired) electrons. The van der Waals surface area contributed by atoms with Crippen LogP contribution in [0, 0.1) is 13.8 Å². The van der Waals surface area contributed by atoms with E-state index in [0.717, 1.165) is 26.9 Å². The molecular weight excluding hydrogens is 428 g/mol. The van der Waals surface area contributed by atoms with Crippen molar-refractivity contribution in [2.45, 2.75) is 18.7 Å². The van der Waals surface area contributed by atoms with Gasteiger partial charge in [0, 0.05) is 17.4 Å². The summed E-state index contributed by atoms with van der Waals surface area (Å²) in [4.78, 5) is 13.6. The van der Waals surface area contributed by atoms with Crippen molar-refractivity contribution < 1.29 is 13.2 Å². The topological polar surface area (TPSA) is 66.5 Å². The minimum Gasteiger partial charge on any atom is -0.321 e. The van der Waals surface area contributed by atoms with Crippen molar-refractivity contribution in [1.29, 1.82) is 0 Å². The zero-order valence-corrected chi connectivity index (χ0v) is 19.0. The number of amides is 1. The van der Waals surface area contributed by atoms with Crippen LogP contribution < -0.4 is 9.62 Å². The fourth-order valence-electron chi connectivity index (χ4n) is 3.47. The van der Waals surface area contributed by atoms with Crippen LogP contribution in [0.15, 0.2) is 77.7 Å². The molecule has 0 aliphatic heterocycles. The molecule has 1 N–H and O–H groups in total. The number of carbonyl (C=O) groups excluding carboxylic acids is 1. The molecule has 0 atom stereocenters. The molecule has 0 saturated carbocycles. The van der Waals surface area contributed by atoms with Gasteiger partial charge in [-0.2, -0.15) is 0 Å². The number of nitrogens with zero attached hydrogens (tertiary/aromatic N) is 1. The number of hydrogen-bond donors (Lipinski definition) is 1. The molecule has 0 spiro atoms. The molecule has 0 saturated heterocycles. The SMILES string of the molecule is Cc1cc(C)cc(NC(=O)c2cc3cc(N(C)S(=O)(=O)c4ccccc4)ccc3s2)c1. The van der Waals surface area contributed by atoms with Gasteiger partial charge in [-0.3, -0.25) is 9.10 Å². The van der Waals surface area contributed by atoms with Gasteiger partial charge in [0.1, 0.15) is 0 Å². The third-order valence-corrected chi connectivity index (χ3v) is 7.88. The third-order valence-electron chi connectivity index (χ3n) is 4.97. The molecule has 1 amide bonds. The van der Waals surface area contributed by atoms with E-state index in [1.54, 1.807) is 48.5 Å². The first-order chi connectivity index (χ1) is 14.7. The van der Waals surface area contributed by atoms with Crippen molar-refractivity contribution in [3.8, 4) is 0 Å². The van der Waals surface area contributed by atoms with Gasteiger partial charge in [0.25, 0.3) is 15.9 Å². The average Bonchev–Trinajstić information content (AvgIpc) is 3.16. The van der Waals surface area contributed by atoms with Crippen LogP contribution in [0.5, 0.6) is 0 Å².